The zero-order valence-electron chi connectivity index (χ0n) is 18.3. The van der Waals surface area contributed by atoms with Crippen LogP contribution in [0.25, 0.3) is 0 Å². The molecule has 0 saturated carbocycles. The van der Waals surface area contributed by atoms with Crippen LogP contribution < -0.4 is 0 Å². The second-order valence-electron chi connectivity index (χ2n) is 9.14. The van der Waals surface area contributed by atoms with E-state index in [1.54, 1.807) is 0 Å². The number of hydrogen-bond acceptors (Lipinski definition) is 5. The minimum absolute atomic E-state index is 0.968. The summed E-state index contributed by atoms with van der Waals surface area (Å²) < 4.78 is 0. The molecule has 0 atom stereocenters. The Bertz CT molecular complexity index is 271. The lowest BCUT2D eigenvalue weighted by atomic mass is 9.99. The lowest BCUT2D eigenvalue weighted by Gasteiger charge is -2.36. The molecule has 4 rings (SSSR count). The van der Waals surface area contributed by atoms with Crippen molar-refractivity contribution < 1.29 is 0 Å². The Hall–Kier alpha value is -0.200. The van der Waals surface area contributed by atoms with Crippen LogP contribution in [-0.2, 0) is 0 Å². The SMILES string of the molecule is CC1CN(C)C1.CC1CN(C)C1.CCC1CN(C)C1.CN1CN(C)C1. The van der Waals surface area contributed by atoms with Crippen molar-refractivity contribution in [3.05, 3.63) is 0 Å². The summed E-state index contributed by atoms with van der Waals surface area (Å²) in [5, 5.41) is 0. The molecule has 0 amide bonds. The zero-order chi connectivity index (χ0) is 19.0. The first-order valence-corrected chi connectivity index (χ1v) is 10.1. The Kier molecular flexibility index (Phi) is 10.5. The van der Waals surface area contributed by atoms with Crippen LogP contribution in [0.3, 0.4) is 0 Å². The zero-order valence-corrected chi connectivity index (χ0v) is 18.3. The Morgan fingerprint density at radius 3 is 0.920 bits per heavy atom. The summed E-state index contributed by atoms with van der Waals surface area (Å²) in [6, 6.07) is 0. The van der Waals surface area contributed by atoms with Crippen LogP contribution in [-0.4, -0.2) is 112 Å². The average Bonchev–Trinajstić information content (AvgIpc) is 2.42. The minimum Gasteiger partial charge on any atom is -0.306 e. The summed E-state index contributed by atoms with van der Waals surface area (Å²) in [5.41, 5.74) is 0. The molecule has 5 heteroatoms. The molecule has 4 fully saturated rings. The van der Waals surface area contributed by atoms with Gasteiger partial charge in [-0.3, -0.25) is 9.80 Å². The van der Waals surface area contributed by atoms with Gasteiger partial charge in [-0.15, -0.1) is 0 Å². The van der Waals surface area contributed by atoms with E-state index in [1.807, 2.05) is 0 Å². The topological polar surface area (TPSA) is 16.2 Å². The first-order valence-electron chi connectivity index (χ1n) is 10.1. The molecular weight excluding hydrogens is 310 g/mol. The maximum atomic E-state index is 2.36. The number of nitrogens with zero attached hydrogens (tertiary/aromatic N) is 5. The second-order valence-corrected chi connectivity index (χ2v) is 9.14. The molecular formula is C20H45N5. The summed E-state index contributed by atoms with van der Waals surface area (Å²) in [6.07, 6.45) is 1.37. The molecule has 0 aromatic heterocycles. The van der Waals surface area contributed by atoms with E-state index >= 15 is 0 Å². The van der Waals surface area contributed by atoms with Crippen LogP contribution in [0.5, 0.6) is 0 Å². The third-order valence-electron chi connectivity index (χ3n) is 5.18. The van der Waals surface area contributed by atoms with Crippen molar-refractivity contribution >= 4 is 0 Å². The van der Waals surface area contributed by atoms with Gasteiger partial charge in [0.1, 0.15) is 0 Å². The van der Waals surface area contributed by atoms with Crippen molar-refractivity contribution in [2.75, 3.05) is 87.8 Å². The summed E-state index contributed by atoms with van der Waals surface area (Å²) in [6.45, 7) is 17.0. The predicted octanol–water partition coefficient (Wildman–Crippen LogP) is 1.87. The molecule has 0 unspecified atom stereocenters. The van der Waals surface area contributed by atoms with Gasteiger partial charge in [-0.05, 0) is 53.0 Å². The molecule has 150 valence electrons. The molecule has 4 saturated heterocycles. The smallest absolute Gasteiger partial charge is 0.0523 e. The van der Waals surface area contributed by atoms with Crippen molar-refractivity contribution in [2.45, 2.75) is 27.2 Å². The molecule has 0 N–H and O–H groups in total. The molecule has 5 nitrogen and oxygen atoms in total. The molecule has 4 aliphatic heterocycles. The van der Waals surface area contributed by atoms with Gasteiger partial charge in [0.2, 0.25) is 0 Å². The Morgan fingerprint density at radius 2 is 0.880 bits per heavy atom. The van der Waals surface area contributed by atoms with Crippen LogP contribution in [0.2, 0.25) is 0 Å². The van der Waals surface area contributed by atoms with Crippen LogP contribution in [0, 0.1) is 17.8 Å². The van der Waals surface area contributed by atoms with Gasteiger partial charge in [0.05, 0.1) is 13.3 Å². The third-order valence-corrected chi connectivity index (χ3v) is 5.18. The highest BCUT2D eigenvalue weighted by Gasteiger charge is 2.20. The van der Waals surface area contributed by atoms with Crippen molar-refractivity contribution in [3.8, 4) is 0 Å². The van der Waals surface area contributed by atoms with E-state index in [-0.39, 0.29) is 0 Å². The number of likely N-dealkylation sites (tertiary alicyclic amines) is 3. The highest BCUT2D eigenvalue weighted by atomic mass is 15.5. The van der Waals surface area contributed by atoms with Crippen LogP contribution >= 0.6 is 0 Å². The highest BCUT2D eigenvalue weighted by molar-refractivity contribution is 4.74. The van der Waals surface area contributed by atoms with Crippen molar-refractivity contribution in [1.29, 1.82) is 0 Å². The van der Waals surface area contributed by atoms with E-state index in [4.69, 9.17) is 0 Å². The van der Waals surface area contributed by atoms with Crippen molar-refractivity contribution in [3.63, 3.8) is 0 Å². The number of hydrogen-bond donors (Lipinski definition) is 0. The lowest BCUT2D eigenvalue weighted by molar-refractivity contribution is 0.0149. The van der Waals surface area contributed by atoms with Crippen LogP contribution in [0.4, 0.5) is 0 Å². The lowest BCUT2D eigenvalue weighted by Crippen LogP contribution is -2.50. The van der Waals surface area contributed by atoms with E-state index in [0.29, 0.717) is 0 Å². The normalized spacial score (nSPS) is 26.4. The van der Waals surface area contributed by atoms with E-state index < -0.39 is 0 Å². The molecule has 0 radical (unpaired) electrons. The van der Waals surface area contributed by atoms with Gasteiger partial charge in [-0.2, -0.15) is 0 Å². The fraction of sp³-hybridized carbons (Fsp3) is 1.00. The van der Waals surface area contributed by atoms with E-state index in [0.717, 1.165) is 31.1 Å². The van der Waals surface area contributed by atoms with Gasteiger partial charge in [-0.1, -0.05) is 27.2 Å². The molecule has 0 spiro atoms. The predicted molar refractivity (Wildman–Crippen MR) is 110 cm³/mol. The summed E-state index contributed by atoms with van der Waals surface area (Å²) >= 11 is 0. The van der Waals surface area contributed by atoms with Gasteiger partial charge in [0.15, 0.2) is 0 Å². The van der Waals surface area contributed by atoms with Crippen molar-refractivity contribution in [2.24, 2.45) is 17.8 Å². The van der Waals surface area contributed by atoms with Gasteiger partial charge in [0.25, 0.3) is 0 Å². The standard InChI is InChI=1S/C6H13N.2C5H11N.C4H10N2/c1-3-6-4-7(2)5-6;3*1-5-3-6(2)4-5/h6H,3-5H2,1-2H3;2*5H,3-4H2,1-2H3;3-4H2,1-2H3. The molecule has 0 bridgehead atoms. The first kappa shape index (κ1) is 22.8. The summed E-state index contributed by atoms with van der Waals surface area (Å²) in [4.78, 5) is 11.5. The molecule has 4 aliphatic rings. The van der Waals surface area contributed by atoms with E-state index in [1.165, 1.54) is 45.7 Å². The summed E-state index contributed by atoms with van der Waals surface area (Å²) in [5.74, 6) is 2.95. The Labute approximate surface area is 157 Å². The molecule has 0 aromatic carbocycles. The van der Waals surface area contributed by atoms with Gasteiger partial charge < -0.3 is 14.7 Å². The first-order chi connectivity index (χ1) is 11.7. The molecule has 0 aliphatic carbocycles. The van der Waals surface area contributed by atoms with Crippen molar-refractivity contribution in [1.82, 2.24) is 24.5 Å². The van der Waals surface area contributed by atoms with E-state index in [9.17, 15) is 0 Å². The second kappa shape index (κ2) is 11.5. The van der Waals surface area contributed by atoms with Crippen LogP contribution in [0.15, 0.2) is 0 Å². The third kappa shape index (κ3) is 9.90. The Morgan fingerprint density at radius 1 is 0.560 bits per heavy atom. The average molecular weight is 356 g/mol. The number of rotatable bonds is 1. The van der Waals surface area contributed by atoms with E-state index in [2.05, 4.69) is 80.5 Å². The van der Waals surface area contributed by atoms with Gasteiger partial charge in [-0.25, -0.2) is 0 Å². The summed E-state index contributed by atoms with van der Waals surface area (Å²) in [7, 11) is 10.7. The van der Waals surface area contributed by atoms with Gasteiger partial charge >= 0.3 is 0 Å². The largest absolute Gasteiger partial charge is 0.306 e. The highest BCUT2D eigenvalue weighted by Crippen LogP contribution is 2.14. The maximum Gasteiger partial charge on any atom is 0.0523 e. The molecule has 25 heavy (non-hydrogen) atoms. The fourth-order valence-corrected chi connectivity index (χ4v) is 3.89. The molecule has 4 heterocycles. The quantitative estimate of drug-likeness (QED) is 0.712. The Balaban J connectivity index is 0.000000167. The van der Waals surface area contributed by atoms with Crippen LogP contribution in [0.1, 0.15) is 27.2 Å². The minimum atomic E-state index is 0.968. The fourth-order valence-electron chi connectivity index (χ4n) is 3.89. The monoisotopic (exact) mass is 355 g/mol. The van der Waals surface area contributed by atoms with Gasteiger partial charge in [0, 0.05) is 39.3 Å². The molecule has 0 aromatic rings. The maximum absolute atomic E-state index is 2.36.